The van der Waals surface area contributed by atoms with Crippen molar-refractivity contribution in [2.45, 2.75) is 57.7 Å². The molecule has 2 rings (SSSR count). The predicted octanol–water partition coefficient (Wildman–Crippen LogP) is 2.26. The number of hydrogen-bond donors (Lipinski definition) is 3. The molecular formula is C19H26FN3O4. The standard InChI is InChI=1S/C19H26FN3O4/c1-2-4-16(18(26)23-10-3-5-15(23)11-17(24)25)22-19(27)21-12-13-6-8-14(20)9-7-13/h6-9,15-16H,2-5,10-12H2,1H3,(H,24,25)(H2,21,22,27). The number of likely N-dealkylation sites (tertiary alicyclic amines) is 1. The summed E-state index contributed by atoms with van der Waals surface area (Å²) < 4.78 is 12.9. The van der Waals surface area contributed by atoms with Crippen LogP contribution in [0.3, 0.4) is 0 Å². The van der Waals surface area contributed by atoms with Crippen LogP contribution in [0.4, 0.5) is 9.18 Å². The number of nitrogens with one attached hydrogen (secondary N) is 2. The van der Waals surface area contributed by atoms with Gasteiger partial charge >= 0.3 is 12.0 Å². The maximum absolute atomic E-state index is 12.9. The first kappa shape index (κ1) is 20.7. The number of amides is 3. The average Bonchev–Trinajstić information content (AvgIpc) is 3.07. The molecule has 27 heavy (non-hydrogen) atoms. The van der Waals surface area contributed by atoms with Crippen molar-refractivity contribution in [2.24, 2.45) is 0 Å². The lowest BCUT2D eigenvalue weighted by molar-refractivity contribution is -0.140. The summed E-state index contributed by atoms with van der Waals surface area (Å²) in [4.78, 5) is 37.6. The lowest BCUT2D eigenvalue weighted by Gasteiger charge is -2.28. The minimum atomic E-state index is -0.934. The molecule has 0 saturated carbocycles. The molecule has 0 spiro atoms. The minimum Gasteiger partial charge on any atom is -0.481 e. The van der Waals surface area contributed by atoms with Crippen LogP contribution in [0.25, 0.3) is 0 Å². The zero-order chi connectivity index (χ0) is 19.8. The molecule has 3 N–H and O–H groups in total. The van der Waals surface area contributed by atoms with E-state index >= 15 is 0 Å². The fourth-order valence-corrected chi connectivity index (χ4v) is 3.28. The SMILES string of the molecule is CCCC(NC(=O)NCc1ccc(F)cc1)C(=O)N1CCCC1CC(=O)O. The molecule has 1 aliphatic heterocycles. The Labute approximate surface area is 157 Å². The predicted molar refractivity (Wildman–Crippen MR) is 97.5 cm³/mol. The minimum absolute atomic E-state index is 0.0820. The van der Waals surface area contributed by atoms with Crippen molar-refractivity contribution in [1.82, 2.24) is 15.5 Å². The second kappa shape index (κ2) is 9.89. The molecule has 2 unspecified atom stereocenters. The number of benzene rings is 1. The van der Waals surface area contributed by atoms with E-state index in [1.165, 1.54) is 12.1 Å². The molecule has 0 aromatic heterocycles. The summed E-state index contributed by atoms with van der Waals surface area (Å²) in [6.07, 6.45) is 2.51. The van der Waals surface area contributed by atoms with Gasteiger partial charge in [0, 0.05) is 19.1 Å². The van der Waals surface area contributed by atoms with Crippen LogP contribution >= 0.6 is 0 Å². The van der Waals surface area contributed by atoms with Gasteiger partial charge in [-0.3, -0.25) is 9.59 Å². The van der Waals surface area contributed by atoms with Gasteiger partial charge in [0.05, 0.1) is 6.42 Å². The van der Waals surface area contributed by atoms with Crippen molar-refractivity contribution in [1.29, 1.82) is 0 Å². The van der Waals surface area contributed by atoms with Crippen LogP contribution in [0.2, 0.25) is 0 Å². The lowest BCUT2D eigenvalue weighted by Crippen LogP contribution is -2.52. The highest BCUT2D eigenvalue weighted by Gasteiger charge is 2.34. The Balaban J connectivity index is 1.92. The molecular weight excluding hydrogens is 353 g/mol. The first-order valence-corrected chi connectivity index (χ1v) is 9.21. The van der Waals surface area contributed by atoms with Crippen LogP contribution in [0.5, 0.6) is 0 Å². The van der Waals surface area contributed by atoms with Gasteiger partial charge < -0.3 is 20.6 Å². The maximum atomic E-state index is 12.9. The first-order chi connectivity index (χ1) is 12.9. The zero-order valence-electron chi connectivity index (χ0n) is 15.4. The monoisotopic (exact) mass is 379 g/mol. The number of hydrogen-bond acceptors (Lipinski definition) is 3. The lowest BCUT2D eigenvalue weighted by atomic mass is 10.1. The summed E-state index contributed by atoms with van der Waals surface area (Å²) >= 11 is 0. The van der Waals surface area contributed by atoms with Crippen molar-refractivity contribution in [3.05, 3.63) is 35.6 Å². The highest BCUT2D eigenvalue weighted by Crippen LogP contribution is 2.22. The van der Waals surface area contributed by atoms with Crippen LogP contribution in [0, 0.1) is 5.82 Å². The van der Waals surface area contributed by atoms with Gasteiger partial charge in [-0.25, -0.2) is 9.18 Å². The normalized spacial score (nSPS) is 17.4. The Morgan fingerprint density at radius 3 is 2.63 bits per heavy atom. The Bertz CT molecular complexity index is 665. The number of nitrogens with zero attached hydrogens (tertiary/aromatic N) is 1. The van der Waals surface area contributed by atoms with Gasteiger partial charge in [0.15, 0.2) is 0 Å². The summed E-state index contributed by atoms with van der Waals surface area (Å²) in [5.41, 5.74) is 0.742. The number of halogens is 1. The molecule has 2 atom stereocenters. The van der Waals surface area contributed by atoms with Crippen molar-refractivity contribution >= 4 is 17.9 Å². The number of carboxylic acids is 1. The highest BCUT2D eigenvalue weighted by atomic mass is 19.1. The van der Waals surface area contributed by atoms with E-state index in [4.69, 9.17) is 5.11 Å². The largest absolute Gasteiger partial charge is 0.481 e. The quantitative estimate of drug-likeness (QED) is 0.645. The van der Waals surface area contributed by atoms with Crippen LogP contribution in [0.1, 0.15) is 44.6 Å². The Morgan fingerprint density at radius 2 is 2.00 bits per heavy atom. The van der Waals surface area contributed by atoms with E-state index in [1.54, 1.807) is 17.0 Å². The molecule has 0 radical (unpaired) electrons. The van der Waals surface area contributed by atoms with E-state index in [0.29, 0.717) is 25.8 Å². The van der Waals surface area contributed by atoms with Crippen LogP contribution in [-0.4, -0.2) is 46.5 Å². The first-order valence-electron chi connectivity index (χ1n) is 9.21. The molecule has 1 aliphatic rings. The second-order valence-corrected chi connectivity index (χ2v) is 6.72. The number of carbonyl (C=O) groups is 3. The number of urea groups is 1. The second-order valence-electron chi connectivity index (χ2n) is 6.72. The van der Waals surface area contributed by atoms with Gasteiger partial charge in [-0.15, -0.1) is 0 Å². The van der Waals surface area contributed by atoms with E-state index in [9.17, 15) is 18.8 Å². The summed E-state index contributed by atoms with van der Waals surface area (Å²) in [6.45, 7) is 2.64. The van der Waals surface area contributed by atoms with Crippen molar-refractivity contribution < 1.29 is 23.9 Å². The van der Waals surface area contributed by atoms with Crippen LogP contribution in [-0.2, 0) is 16.1 Å². The maximum Gasteiger partial charge on any atom is 0.315 e. The molecule has 1 saturated heterocycles. The van der Waals surface area contributed by atoms with Crippen molar-refractivity contribution in [3.63, 3.8) is 0 Å². The van der Waals surface area contributed by atoms with E-state index in [-0.39, 0.29) is 30.7 Å². The molecule has 1 fully saturated rings. The van der Waals surface area contributed by atoms with Gasteiger partial charge in [-0.2, -0.15) is 0 Å². The third-order valence-corrected chi connectivity index (χ3v) is 4.62. The number of aliphatic carboxylic acids is 1. The Hall–Kier alpha value is -2.64. The Morgan fingerprint density at radius 1 is 1.30 bits per heavy atom. The van der Waals surface area contributed by atoms with Crippen molar-refractivity contribution in [3.8, 4) is 0 Å². The number of carbonyl (C=O) groups excluding carboxylic acids is 2. The molecule has 1 aromatic rings. The smallest absolute Gasteiger partial charge is 0.315 e. The van der Waals surface area contributed by atoms with Crippen LogP contribution < -0.4 is 10.6 Å². The van der Waals surface area contributed by atoms with E-state index in [0.717, 1.165) is 12.0 Å². The van der Waals surface area contributed by atoms with Gasteiger partial charge in [-0.05, 0) is 37.0 Å². The highest BCUT2D eigenvalue weighted by molar-refractivity contribution is 5.87. The molecule has 0 bridgehead atoms. The summed E-state index contributed by atoms with van der Waals surface area (Å²) in [5.74, 6) is -1.52. The average molecular weight is 379 g/mol. The zero-order valence-corrected chi connectivity index (χ0v) is 15.4. The molecule has 3 amide bonds. The van der Waals surface area contributed by atoms with Crippen molar-refractivity contribution in [2.75, 3.05) is 6.54 Å². The molecule has 148 valence electrons. The number of rotatable bonds is 8. The van der Waals surface area contributed by atoms with Gasteiger partial charge in [0.1, 0.15) is 11.9 Å². The van der Waals surface area contributed by atoms with Gasteiger partial charge in [-0.1, -0.05) is 25.5 Å². The summed E-state index contributed by atoms with van der Waals surface area (Å²) in [5, 5.41) is 14.4. The van der Waals surface area contributed by atoms with E-state index in [2.05, 4.69) is 10.6 Å². The molecule has 0 aliphatic carbocycles. The summed E-state index contributed by atoms with van der Waals surface area (Å²) in [7, 11) is 0. The summed E-state index contributed by atoms with van der Waals surface area (Å²) in [6, 6.07) is 4.27. The Kier molecular flexibility index (Phi) is 7.57. The molecule has 1 heterocycles. The van der Waals surface area contributed by atoms with Gasteiger partial charge in [0.25, 0.3) is 0 Å². The fraction of sp³-hybridized carbons (Fsp3) is 0.526. The fourth-order valence-electron chi connectivity index (χ4n) is 3.28. The third kappa shape index (κ3) is 6.23. The van der Waals surface area contributed by atoms with Gasteiger partial charge in [0.2, 0.25) is 5.91 Å². The molecule has 7 nitrogen and oxygen atoms in total. The molecule has 8 heteroatoms. The molecule has 1 aromatic carbocycles. The third-order valence-electron chi connectivity index (χ3n) is 4.62. The number of carboxylic acid groups (broad SMARTS) is 1. The topological polar surface area (TPSA) is 98.7 Å². The van der Waals surface area contributed by atoms with E-state index < -0.39 is 18.0 Å². The van der Waals surface area contributed by atoms with Crippen LogP contribution in [0.15, 0.2) is 24.3 Å². The van der Waals surface area contributed by atoms with E-state index in [1.807, 2.05) is 6.92 Å².